The Kier molecular flexibility index (Phi) is 5.84. The van der Waals surface area contributed by atoms with Crippen LogP contribution in [0.3, 0.4) is 0 Å². The molecule has 2 aromatic rings. The Labute approximate surface area is 141 Å². The highest BCUT2D eigenvalue weighted by Crippen LogP contribution is 2.16. The lowest BCUT2D eigenvalue weighted by Gasteiger charge is -2.22. The van der Waals surface area contributed by atoms with Crippen molar-refractivity contribution in [3.8, 4) is 0 Å². The maximum atomic E-state index is 12.0. The number of hydrogen-bond acceptors (Lipinski definition) is 3. The molecule has 124 valence electrons. The third-order valence-corrected chi connectivity index (χ3v) is 3.60. The summed E-state index contributed by atoms with van der Waals surface area (Å²) in [6, 6.07) is 15.8. The summed E-state index contributed by atoms with van der Waals surface area (Å²) in [7, 11) is 0. The molecule has 0 unspecified atom stereocenters. The van der Waals surface area contributed by atoms with Crippen LogP contribution in [0.2, 0.25) is 0 Å². The van der Waals surface area contributed by atoms with E-state index in [0.29, 0.717) is 29.9 Å². The number of amides is 2. The van der Waals surface area contributed by atoms with E-state index < -0.39 is 0 Å². The van der Waals surface area contributed by atoms with Crippen LogP contribution < -0.4 is 10.2 Å². The molecule has 2 aromatic carbocycles. The second-order valence-electron chi connectivity index (χ2n) is 5.40. The van der Waals surface area contributed by atoms with Gasteiger partial charge in [0.1, 0.15) is 0 Å². The van der Waals surface area contributed by atoms with Gasteiger partial charge in [-0.2, -0.15) is 0 Å². The van der Waals surface area contributed by atoms with Crippen LogP contribution in [0.1, 0.15) is 34.6 Å². The average molecular weight is 324 g/mol. The predicted molar refractivity (Wildman–Crippen MR) is 93.2 cm³/mol. The van der Waals surface area contributed by atoms with Gasteiger partial charge in [-0.15, -0.1) is 0 Å². The van der Waals surface area contributed by atoms with E-state index in [9.17, 15) is 14.4 Å². The van der Waals surface area contributed by atoms with Gasteiger partial charge in [-0.05, 0) is 31.2 Å². The van der Waals surface area contributed by atoms with Crippen LogP contribution in [-0.4, -0.2) is 30.7 Å². The van der Waals surface area contributed by atoms with E-state index in [4.69, 9.17) is 0 Å². The minimum atomic E-state index is -0.184. The molecule has 0 radical (unpaired) electrons. The van der Waals surface area contributed by atoms with Crippen LogP contribution in [0, 0.1) is 0 Å². The van der Waals surface area contributed by atoms with Gasteiger partial charge in [-0.25, -0.2) is 0 Å². The monoisotopic (exact) mass is 324 g/mol. The van der Waals surface area contributed by atoms with Gasteiger partial charge in [0.2, 0.25) is 5.91 Å². The van der Waals surface area contributed by atoms with Gasteiger partial charge in [-0.3, -0.25) is 14.4 Å². The highest BCUT2D eigenvalue weighted by atomic mass is 16.2. The van der Waals surface area contributed by atoms with Crippen LogP contribution in [0.4, 0.5) is 5.69 Å². The largest absolute Gasteiger partial charge is 0.350 e. The summed E-state index contributed by atoms with van der Waals surface area (Å²) >= 11 is 0. The summed E-state index contributed by atoms with van der Waals surface area (Å²) in [5, 5.41) is 2.79. The minimum Gasteiger partial charge on any atom is -0.350 e. The van der Waals surface area contributed by atoms with E-state index in [1.807, 2.05) is 6.07 Å². The van der Waals surface area contributed by atoms with Crippen molar-refractivity contribution < 1.29 is 14.4 Å². The molecule has 0 saturated heterocycles. The molecule has 0 aliphatic carbocycles. The molecule has 0 spiro atoms. The Balaban J connectivity index is 2.02. The molecule has 5 nitrogen and oxygen atoms in total. The molecular formula is C19H20N2O3. The van der Waals surface area contributed by atoms with E-state index in [1.54, 1.807) is 48.5 Å². The number of anilines is 1. The number of carbonyl (C=O) groups excluding carboxylic acids is 3. The fourth-order valence-electron chi connectivity index (χ4n) is 2.33. The van der Waals surface area contributed by atoms with Gasteiger partial charge in [0.25, 0.3) is 5.91 Å². The van der Waals surface area contributed by atoms with E-state index in [-0.39, 0.29) is 17.6 Å². The number of rotatable bonds is 6. The molecule has 0 atom stereocenters. The van der Waals surface area contributed by atoms with Crippen LogP contribution >= 0.6 is 0 Å². The first kappa shape index (κ1) is 17.4. The average Bonchev–Trinajstić information content (AvgIpc) is 2.59. The molecule has 0 aromatic heterocycles. The van der Waals surface area contributed by atoms with Gasteiger partial charge in [0.05, 0.1) is 0 Å². The SMILES string of the molecule is CC(=O)c1cccc(N(CCNC(=O)c2ccccc2)C(C)=O)c1. The van der Waals surface area contributed by atoms with E-state index in [0.717, 1.165) is 0 Å². The summed E-state index contributed by atoms with van der Waals surface area (Å²) in [5.74, 6) is -0.390. The predicted octanol–water partition coefficient (Wildman–Crippen LogP) is 2.67. The van der Waals surface area contributed by atoms with Crippen molar-refractivity contribution in [1.82, 2.24) is 5.32 Å². The van der Waals surface area contributed by atoms with Crippen molar-refractivity contribution in [3.63, 3.8) is 0 Å². The molecule has 0 bridgehead atoms. The molecule has 1 N–H and O–H groups in total. The highest BCUT2D eigenvalue weighted by molar-refractivity contribution is 5.97. The fourth-order valence-corrected chi connectivity index (χ4v) is 2.33. The Morgan fingerprint density at radius 3 is 2.21 bits per heavy atom. The molecule has 0 aliphatic rings. The van der Waals surface area contributed by atoms with E-state index >= 15 is 0 Å². The number of Topliss-reactive ketones (excluding diaryl/α,β-unsaturated/α-hetero) is 1. The topological polar surface area (TPSA) is 66.5 Å². The molecule has 2 amide bonds. The smallest absolute Gasteiger partial charge is 0.251 e. The van der Waals surface area contributed by atoms with Crippen LogP contribution in [-0.2, 0) is 4.79 Å². The summed E-state index contributed by atoms with van der Waals surface area (Å²) in [4.78, 5) is 36.9. The lowest BCUT2D eigenvalue weighted by molar-refractivity contribution is -0.116. The zero-order chi connectivity index (χ0) is 17.5. The third kappa shape index (κ3) is 4.52. The van der Waals surface area contributed by atoms with Crippen LogP contribution in [0.15, 0.2) is 54.6 Å². The zero-order valence-corrected chi connectivity index (χ0v) is 13.8. The summed E-state index contributed by atoms with van der Waals surface area (Å²) in [5.41, 5.74) is 1.77. The van der Waals surface area contributed by atoms with Crippen LogP contribution in [0.25, 0.3) is 0 Å². The first-order chi connectivity index (χ1) is 11.5. The van der Waals surface area contributed by atoms with Crippen molar-refractivity contribution in [3.05, 3.63) is 65.7 Å². The molecule has 5 heteroatoms. The maximum Gasteiger partial charge on any atom is 0.251 e. The number of nitrogens with zero attached hydrogens (tertiary/aromatic N) is 1. The Morgan fingerprint density at radius 1 is 0.917 bits per heavy atom. The Hall–Kier alpha value is -2.95. The second kappa shape index (κ2) is 8.06. The van der Waals surface area contributed by atoms with Crippen molar-refractivity contribution in [2.75, 3.05) is 18.0 Å². The van der Waals surface area contributed by atoms with Gasteiger partial charge < -0.3 is 10.2 Å². The normalized spacial score (nSPS) is 10.1. The van der Waals surface area contributed by atoms with Crippen LogP contribution in [0.5, 0.6) is 0 Å². The lowest BCUT2D eigenvalue weighted by Crippen LogP contribution is -2.37. The molecular weight excluding hydrogens is 304 g/mol. The Bertz CT molecular complexity index is 741. The van der Waals surface area contributed by atoms with Gasteiger partial charge in [-0.1, -0.05) is 30.3 Å². The first-order valence-electron chi connectivity index (χ1n) is 7.71. The lowest BCUT2D eigenvalue weighted by atomic mass is 10.1. The van der Waals surface area contributed by atoms with Gasteiger partial charge in [0, 0.05) is 36.8 Å². The molecule has 24 heavy (non-hydrogen) atoms. The summed E-state index contributed by atoms with van der Waals surface area (Å²) in [6.45, 7) is 3.59. The molecule has 0 aliphatic heterocycles. The number of benzene rings is 2. The Morgan fingerprint density at radius 2 is 1.58 bits per heavy atom. The fraction of sp³-hybridized carbons (Fsp3) is 0.211. The quantitative estimate of drug-likeness (QED) is 0.831. The van der Waals surface area contributed by atoms with E-state index in [1.165, 1.54) is 18.7 Å². The summed E-state index contributed by atoms with van der Waals surface area (Å²) in [6.07, 6.45) is 0. The maximum absolute atomic E-state index is 12.0. The minimum absolute atomic E-state index is 0.0577. The molecule has 0 saturated carbocycles. The van der Waals surface area contributed by atoms with Crippen molar-refractivity contribution in [2.24, 2.45) is 0 Å². The van der Waals surface area contributed by atoms with Crippen molar-refractivity contribution in [2.45, 2.75) is 13.8 Å². The number of nitrogens with one attached hydrogen (secondary N) is 1. The number of hydrogen-bond donors (Lipinski definition) is 1. The number of carbonyl (C=O) groups is 3. The zero-order valence-electron chi connectivity index (χ0n) is 13.8. The summed E-state index contributed by atoms with van der Waals surface area (Å²) < 4.78 is 0. The molecule has 2 rings (SSSR count). The van der Waals surface area contributed by atoms with Gasteiger partial charge in [0.15, 0.2) is 5.78 Å². The van der Waals surface area contributed by atoms with E-state index in [2.05, 4.69) is 5.32 Å². The molecule has 0 fully saturated rings. The van der Waals surface area contributed by atoms with Gasteiger partial charge >= 0.3 is 0 Å². The van der Waals surface area contributed by atoms with Crippen molar-refractivity contribution in [1.29, 1.82) is 0 Å². The third-order valence-electron chi connectivity index (χ3n) is 3.60. The van der Waals surface area contributed by atoms with Crippen molar-refractivity contribution >= 4 is 23.3 Å². The standard InChI is InChI=1S/C19H20N2O3/c1-14(22)17-9-6-10-18(13-17)21(15(2)23)12-11-20-19(24)16-7-4-3-5-8-16/h3-10,13H,11-12H2,1-2H3,(H,20,24). The first-order valence-corrected chi connectivity index (χ1v) is 7.71. The highest BCUT2D eigenvalue weighted by Gasteiger charge is 2.13. The second-order valence-corrected chi connectivity index (χ2v) is 5.40. The molecule has 0 heterocycles. The number of ketones is 1.